The van der Waals surface area contributed by atoms with Crippen molar-refractivity contribution < 1.29 is 14.7 Å². The Hall–Kier alpha value is -3.16. The Bertz CT molecular complexity index is 1170. The van der Waals surface area contributed by atoms with Crippen molar-refractivity contribution in [3.05, 3.63) is 78.4 Å². The smallest absolute Gasteiger partial charge is 0.322 e. The van der Waals surface area contributed by atoms with Crippen molar-refractivity contribution in [1.82, 2.24) is 14.7 Å². The lowest BCUT2D eigenvalue weighted by Gasteiger charge is -2.40. The Morgan fingerprint density at radius 2 is 1.73 bits per heavy atom. The summed E-state index contributed by atoms with van der Waals surface area (Å²) in [6.45, 7) is 9.73. The van der Waals surface area contributed by atoms with Crippen molar-refractivity contribution in [2.24, 2.45) is 11.8 Å². The first kappa shape index (κ1) is 28.4. The number of carbonyl (C=O) groups excluding carboxylic acids is 2. The molecule has 2 heterocycles. The van der Waals surface area contributed by atoms with Crippen LogP contribution < -0.4 is 5.32 Å². The fraction of sp³-hybridized carbons (Fsp3) is 0.515. The topological polar surface area (TPSA) is 76.1 Å². The number of benzene rings is 2. The number of β-amino-alcohol motifs (C(OH)–C–C–N with tert-alkyl or cyclic N) is 1. The normalized spacial score (nSPS) is 24.2. The molecule has 2 atom stereocenters. The lowest BCUT2D eigenvalue weighted by atomic mass is 9.83. The second kappa shape index (κ2) is 12.6. The summed E-state index contributed by atoms with van der Waals surface area (Å²) < 4.78 is 0. The maximum atomic E-state index is 13.3. The summed E-state index contributed by atoms with van der Waals surface area (Å²) >= 11 is 0. The Morgan fingerprint density at radius 1 is 1.05 bits per heavy atom. The minimum absolute atomic E-state index is 0.0644. The number of anilines is 1. The van der Waals surface area contributed by atoms with Gasteiger partial charge in [0.2, 0.25) is 5.91 Å². The molecule has 3 aliphatic rings. The average molecular weight is 545 g/mol. The number of likely N-dealkylation sites (tertiary alicyclic amines) is 2. The van der Waals surface area contributed by atoms with Gasteiger partial charge >= 0.3 is 6.03 Å². The SMILES string of the molecule is C=CCN(C(=O)Nc1ccccc1C)C1CCN(C[C@H]2CN(C(=O)C3CCCC3)C[C@]2(O)c2ccccc2)CC1. The first-order valence-corrected chi connectivity index (χ1v) is 14.9. The Kier molecular flexibility index (Phi) is 8.91. The van der Waals surface area contributed by atoms with Crippen molar-refractivity contribution >= 4 is 17.6 Å². The highest BCUT2D eigenvalue weighted by molar-refractivity contribution is 5.90. The van der Waals surface area contributed by atoms with Crippen molar-refractivity contribution in [2.75, 3.05) is 44.6 Å². The number of piperidine rings is 1. The van der Waals surface area contributed by atoms with Crippen molar-refractivity contribution in [1.29, 1.82) is 0 Å². The molecule has 2 saturated heterocycles. The lowest BCUT2D eigenvalue weighted by Crippen LogP contribution is -2.50. The number of aryl methyl sites for hydroxylation is 1. The molecule has 3 amide bonds. The van der Waals surface area contributed by atoms with Crippen LogP contribution in [0.15, 0.2) is 67.3 Å². The van der Waals surface area contributed by atoms with Crippen LogP contribution in [0, 0.1) is 18.8 Å². The molecule has 40 heavy (non-hydrogen) atoms. The molecule has 5 rings (SSSR count). The monoisotopic (exact) mass is 544 g/mol. The molecule has 2 N–H and O–H groups in total. The van der Waals surface area contributed by atoms with E-state index in [1.165, 1.54) is 0 Å². The number of nitrogens with one attached hydrogen (secondary N) is 1. The van der Waals surface area contributed by atoms with Gasteiger partial charge in [0, 0.05) is 56.3 Å². The van der Waals surface area contributed by atoms with Gasteiger partial charge in [-0.3, -0.25) is 4.79 Å². The van der Waals surface area contributed by atoms with Crippen LogP contribution in [0.5, 0.6) is 0 Å². The fourth-order valence-corrected chi connectivity index (χ4v) is 6.93. The highest BCUT2D eigenvalue weighted by Gasteiger charge is 2.49. The van der Waals surface area contributed by atoms with Crippen LogP contribution in [0.25, 0.3) is 0 Å². The van der Waals surface area contributed by atoms with Gasteiger partial charge in [-0.2, -0.15) is 0 Å². The number of aliphatic hydroxyl groups is 1. The zero-order chi connectivity index (χ0) is 28.1. The Balaban J connectivity index is 1.24. The molecule has 0 spiro atoms. The summed E-state index contributed by atoms with van der Waals surface area (Å²) in [6.07, 6.45) is 7.69. The van der Waals surface area contributed by atoms with E-state index in [4.69, 9.17) is 0 Å². The fourth-order valence-electron chi connectivity index (χ4n) is 6.93. The van der Waals surface area contributed by atoms with Crippen LogP contribution in [0.3, 0.4) is 0 Å². The predicted octanol–water partition coefficient (Wildman–Crippen LogP) is 5.02. The lowest BCUT2D eigenvalue weighted by molar-refractivity contribution is -0.135. The molecule has 2 aliphatic heterocycles. The Morgan fingerprint density at radius 3 is 2.40 bits per heavy atom. The highest BCUT2D eigenvalue weighted by atomic mass is 16.3. The van der Waals surface area contributed by atoms with E-state index in [9.17, 15) is 14.7 Å². The second-order valence-corrected chi connectivity index (χ2v) is 11.9. The van der Waals surface area contributed by atoms with Gasteiger partial charge in [0.15, 0.2) is 0 Å². The Labute approximate surface area is 238 Å². The van der Waals surface area contributed by atoms with E-state index in [2.05, 4.69) is 16.8 Å². The molecule has 2 aromatic rings. The third-order valence-electron chi connectivity index (χ3n) is 9.29. The molecule has 1 saturated carbocycles. The molecular formula is C33H44N4O3. The molecule has 0 unspecified atom stereocenters. The van der Waals surface area contributed by atoms with Crippen LogP contribution in [-0.2, 0) is 10.4 Å². The van der Waals surface area contributed by atoms with E-state index in [1.807, 2.05) is 71.3 Å². The number of urea groups is 1. The van der Waals surface area contributed by atoms with Gasteiger partial charge in [-0.25, -0.2) is 4.79 Å². The quantitative estimate of drug-likeness (QED) is 0.458. The van der Waals surface area contributed by atoms with Crippen molar-refractivity contribution in [3.63, 3.8) is 0 Å². The van der Waals surface area contributed by atoms with E-state index in [0.717, 1.165) is 75.0 Å². The second-order valence-electron chi connectivity index (χ2n) is 11.9. The molecule has 1 aliphatic carbocycles. The molecule has 3 fully saturated rings. The van der Waals surface area contributed by atoms with Gasteiger partial charge in [-0.15, -0.1) is 6.58 Å². The first-order chi connectivity index (χ1) is 19.4. The van der Waals surface area contributed by atoms with Crippen LogP contribution >= 0.6 is 0 Å². The van der Waals surface area contributed by atoms with Gasteiger partial charge in [-0.05, 0) is 49.8 Å². The minimum Gasteiger partial charge on any atom is -0.383 e. The summed E-state index contributed by atoms with van der Waals surface area (Å²) in [5.74, 6) is 0.259. The van der Waals surface area contributed by atoms with Crippen LogP contribution in [0.1, 0.15) is 49.7 Å². The number of hydrogen-bond donors (Lipinski definition) is 2. The van der Waals surface area contributed by atoms with E-state index in [0.29, 0.717) is 19.6 Å². The zero-order valence-electron chi connectivity index (χ0n) is 23.8. The highest BCUT2D eigenvalue weighted by Crippen LogP contribution is 2.40. The third kappa shape index (κ3) is 6.11. The standard InChI is InChI=1S/C33H44N4O3/c1-3-19-37(32(39)34-30-16-10-7-11-25(30)2)29-17-20-35(21-18-29)22-28-23-36(31(38)26-12-8-9-13-26)24-33(28,40)27-14-5-4-6-15-27/h3-7,10-11,14-16,26,28-29,40H,1,8-9,12-13,17-24H2,2H3,(H,34,39)/t28-,33-/m0/s1. The number of nitrogens with zero attached hydrogens (tertiary/aromatic N) is 3. The summed E-state index contributed by atoms with van der Waals surface area (Å²) in [5, 5.41) is 15.2. The van der Waals surface area contributed by atoms with E-state index in [1.54, 1.807) is 6.08 Å². The van der Waals surface area contributed by atoms with Gasteiger partial charge in [0.25, 0.3) is 0 Å². The number of hydrogen-bond acceptors (Lipinski definition) is 4. The molecular weight excluding hydrogens is 500 g/mol. The van der Waals surface area contributed by atoms with E-state index >= 15 is 0 Å². The predicted molar refractivity (Wildman–Crippen MR) is 159 cm³/mol. The summed E-state index contributed by atoms with van der Waals surface area (Å²) in [5.41, 5.74) is 1.69. The zero-order valence-corrected chi connectivity index (χ0v) is 23.8. The van der Waals surface area contributed by atoms with Crippen LogP contribution in [0.2, 0.25) is 0 Å². The molecule has 0 aromatic heterocycles. The molecule has 7 nitrogen and oxygen atoms in total. The van der Waals surface area contributed by atoms with Gasteiger partial charge < -0.3 is 25.1 Å². The number of para-hydroxylation sites is 1. The summed E-state index contributed by atoms with van der Waals surface area (Å²) in [6, 6.07) is 17.7. The number of amides is 3. The van der Waals surface area contributed by atoms with Crippen molar-refractivity contribution in [3.8, 4) is 0 Å². The largest absolute Gasteiger partial charge is 0.383 e. The molecule has 0 bridgehead atoms. The summed E-state index contributed by atoms with van der Waals surface area (Å²) in [4.78, 5) is 32.8. The van der Waals surface area contributed by atoms with Crippen LogP contribution in [0.4, 0.5) is 10.5 Å². The minimum atomic E-state index is -1.06. The van der Waals surface area contributed by atoms with Gasteiger partial charge in [0.1, 0.15) is 5.60 Å². The number of carbonyl (C=O) groups is 2. The molecule has 214 valence electrons. The average Bonchev–Trinajstić information content (AvgIpc) is 3.63. The molecule has 0 radical (unpaired) electrons. The maximum Gasteiger partial charge on any atom is 0.322 e. The summed E-state index contributed by atoms with van der Waals surface area (Å²) in [7, 11) is 0. The van der Waals surface area contributed by atoms with E-state index < -0.39 is 5.60 Å². The van der Waals surface area contributed by atoms with Gasteiger partial charge in [0.05, 0.1) is 6.54 Å². The molecule has 7 heteroatoms. The third-order valence-corrected chi connectivity index (χ3v) is 9.29. The van der Waals surface area contributed by atoms with Gasteiger partial charge in [-0.1, -0.05) is 67.4 Å². The van der Waals surface area contributed by atoms with E-state index in [-0.39, 0.29) is 29.8 Å². The number of rotatable bonds is 8. The van der Waals surface area contributed by atoms with Crippen LogP contribution in [-0.4, -0.2) is 77.1 Å². The van der Waals surface area contributed by atoms with Crippen molar-refractivity contribution in [2.45, 2.75) is 57.1 Å². The maximum absolute atomic E-state index is 13.3. The molecule has 2 aromatic carbocycles. The first-order valence-electron chi connectivity index (χ1n) is 14.9.